The average molecular weight is 679 g/mol. The van der Waals surface area contributed by atoms with Crippen molar-refractivity contribution in [2.75, 3.05) is 26.8 Å². The third kappa shape index (κ3) is 9.72. The smallest absolute Gasteiger partial charge is 0.247 e. The number of carbonyl (C=O) groups excluding carboxylic acids is 2. The van der Waals surface area contributed by atoms with Gasteiger partial charge in [-0.3, -0.25) is 9.59 Å². The highest BCUT2D eigenvalue weighted by Crippen LogP contribution is 2.30. The quantitative estimate of drug-likeness (QED) is 0.176. The van der Waals surface area contributed by atoms with E-state index in [1.807, 2.05) is 48.5 Å². The van der Waals surface area contributed by atoms with Gasteiger partial charge in [-0.25, -0.2) is 0 Å². The molecule has 0 spiro atoms. The number of nitrogens with one attached hydrogen (secondary N) is 1. The van der Waals surface area contributed by atoms with Crippen LogP contribution in [0.4, 0.5) is 0 Å². The molecule has 0 heterocycles. The monoisotopic (exact) mass is 678 g/mol. The second kappa shape index (κ2) is 17.4. The molecule has 0 radical (unpaired) electrons. The molecule has 3 rings (SSSR count). The van der Waals surface area contributed by atoms with Gasteiger partial charge in [0.15, 0.2) is 0 Å². The SMILES string of the molecule is CCCCCCCC(=O)N(CCc1ccccc1OC)[C@@H]1CC(C(=O)NCCO)=C[C@H](Oc2ccccc2I)[C@H]1O. The molecule has 0 aromatic heterocycles. The molecule has 0 saturated carbocycles. The van der Waals surface area contributed by atoms with Crippen molar-refractivity contribution in [2.24, 2.45) is 0 Å². The molecular formula is C32H43IN2O6. The van der Waals surface area contributed by atoms with E-state index in [0.29, 0.717) is 30.7 Å². The Balaban J connectivity index is 1.90. The lowest BCUT2D eigenvalue weighted by atomic mass is 9.87. The second-order valence-electron chi connectivity index (χ2n) is 10.3. The predicted molar refractivity (Wildman–Crippen MR) is 168 cm³/mol. The maximum Gasteiger partial charge on any atom is 0.247 e. The number of ether oxygens (including phenoxy) is 2. The average Bonchev–Trinajstić information content (AvgIpc) is 2.98. The number of unbranched alkanes of at least 4 members (excludes halogenated alkanes) is 4. The summed E-state index contributed by atoms with van der Waals surface area (Å²) < 4.78 is 12.6. The van der Waals surface area contributed by atoms with E-state index in [1.54, 1.807) is 18.1 Å². The highest BCUT2D eigenvalue weighted by molar-refractivity contribution is 14.1. The summed E-state index contributed by atoms with van der Waals surface area (Å²) >= 11 is 2.17. The van der Waals surface area contributed by atoms with E-state index >= 15 is 0 Å². The van der Waals surface area contributed by atoms with E-state index < -0.39 is 18.2 Å². The summed E-state index contributed by atoms with van der Waals surface area (Å²) in [6, 6.07) is 14.5. The molecule has 0 saturated heterocycles. The molecule has 2 aromatic rings. The van der Waals surface area contributed by atoms with E-state index in [2.05, 4.69) is 34.8 Å². The number of halogens is 1. The van der Waals surface area contributed by atoms with Gasteiger partial charge in [0.05, 0.1) is 23.3 Å². The molecule has 41 heavy (non-hydrogen) atoms. The van der Waals surface area contributed by atoms with Crippen molar-refractivity contribution < 1.29 is 29.3 Å². The lowest BCUT2D eigenvalue weighted by Crippen LogP contribution is -2.55. The number of hydrogen-bond donors (Lipinski definition) is 3. The van der Waals surface area contributed by atoms with Crippen LogP contribution >= 0.6 is 22.6 Å². The Morgan fingerprint density at radius 1 is 1.05 bits per heavy atom. The number of nitrogens with zero attached hydrogens (tertiary/aromatic N) is 1. The maximum atomic E-state index is 13.8. The topological polar surface area (TPSA) is 108 Å². The van der Waals surface area contributed by atoms with Crippen molar-refractivity contribution in [1.82, 2.24) is 10.2 Å². The normalized spacial score (nSPS) is 18.4. The summed E-state index contributed by atoms with van der Waals surface area (Å²) in [6.45, 7) is 2.44. The standard InChI is InChI=1S/C32H43IN2O6/c1-3-4-5-6-7-16-30(37)35(19-17-23-12-8-10-14-27(23)40-2)26-21-24(32(39)34-18-20-36)22-29(31(26)38)41-28-15-11-9-13-25(28)33/h8-15,22,26,29,31,36,38H,3-7,16-21H2,1-2H3,(H,34,39)/t26-,29+,31+/m1/s1. The van der Waals surface area contributed by atoms with Gasteiger partial charge in [0.25, 0.3) is 0 Å². The molecule has 0 unspecified atom stereocenters. The second-order valence-corrected chi connectivity index (χ2v) is 11.4. The van der Waals surface area contributed by atoms with E-state index in [4.69, 9.17) is 9.47 Å². The molecule has 0 aliphatic heterocycles. The number of aliphatic hydroxyl groups is 2. The number of carbonyl (C=O) groups is 2. The maximum absolute atomic E-state index is 13.8. The number of benzene rings is 2. The first-order valence-corrected chi connectivity index (χ1v) is 15.6. The first-order chi connectivity index (χ1) is 19.9. The van der Waals surface area contributed by atoms with E-state index in [9.17, 15) is 19.8 Å². The third-order valence-electron chi connectivity index (χ3n) is 7.34. The minimum atomic E-state index is -1.05. The minimum absolute atomic E-state index is 0.0505. The molecule has 1 aliphatic carbocycles. The zero-order valence-corrected chi connectivity index (χ0v) is 26.2. The van der Waals surface area contributed by atoms with Gasteiger partial charge in [0, 0.05) is 31.5 Å². The molecule has 8 nitrogen and oxygen atoms in total. The van der Waals surface area contributed by atoms with Gasteiger partial charge in [0.2, 0.25) is 11.8 Å². The number of aliphatic hydroxyl groups excluding tert-OH is 2. The van der Waals surface area contributed by atoms with Crippen molar-refractivity contribution in [2.45, 2.75) is 76.5 Å². The Morgan fingerprint density at radius 2 is 1.76 bits per heavy atom. The number of hydrogen-bond acceptors (Lipinski definition) is 6. The van der Waals surface area contributed by atoms with Crippen molar-refractivity contribution in [3.05, 3.63) is 69.3 Å². The van der Waals surface area contributed by atoms with E-state index in [-0.39, 0.29) is 31.4 Å². The summed E-state index contributed by atoms with van der Waals surface area (Å²) in [6.07, 6.45) is 5.93. The van der Waals surface area contributed by atoms with Crippen LogP contribution in [0.3, 0.4) is 0 Å². The van der Waals surface area contributed by atoms with Crippen LogP contribution in [-0.4, -0.2) is 72.0 Å². The fraction of sp³-hybridized carbons (Fsp3) is 0.500. The van der Waals surface area contributed by atoms with Crippen LogP contribution in [-0.2, 0) is 16.0 Å². The highest BCUT2D eigenvalue weighted by atomic mass is 127. The van der Waals surface area contributed by atoms with Crippen molar-refractivity contribution >= 4 is 34.4 Å². The Morgan fingerprint density at radius 3 is 2.46 bits per heavy atom. The summed E-state index contributed by atoms with van der Waals surface area (Å²) in [5, 5.41) is 23.6. The number of para-hydroxylation sites is 2. The van der Waals surface area contributed by atoms with Crippen LogP contribution in [0.15, 0.2) is 60.2 Å². The van der Waals surface area contributed by atoms with Crippen LogP contribution in [0.25, 0.3) is 0 Å². The molecule has 3 N–H and O–H groups in total. The van der Waals surface area contributed by atoms with Crippen molar-refractivity contribution in [1.29, 1.82) is 0 Å². The number of methoxy groups -OCH3 is 1. The zero-order chi connectivity index (χ0) is 29.6. The largest absolute Gasteiger partial charge is 0.496 e. The molecule has 0 bridgehead atoms. The lowest BCUT2D eigenvalue weighted by Gasteiger charge is -2.40. The van der Waals surface area contributed by atoms with Gasteiger partial charge < -0.3 is 29.9 Å². The molecular weight excluding hydrogens is 635 g/mol. The predicted octanol–water partition coefficient (Wildman–Crippen LogP) is 4.65. The van der Waals surface area contributed by atoms with E-state index in [0.717, 1.165) is 47.0 Å². The highest BCUT2D eigenvalue weighted by Gasteiger charge is 2.40. The van der Waals surface area contributed by atoms with Crippen LogP contribution in [0.1, 0.15) is 57.4 Å². The number of amides is 2. The van der Waals surface area contributed by atoms with Gasteiger partial charge >= 0.3 is 0 Å². The van der Waals surface area contributed by atoms with Gasteiger partial charge in [-0.05, 0) is 65.3 Å². The lowest BCUT2D eigenvalue weighted by molar-refractivity contribution is -0.138. The Bertz CT molecular complexity index is 1160. The van der Waals surface area contributed by atoms with Crippen LogP contribution in [0.5, 0.6) is 11.5 Å². The Hall–Kier alpha value is -2.63. The van der Waals surface area contributed by atoms with Gasteiger partial charge in [-0.15, -0.1) is 0 Å². The fourth-order valence-electron chi connectivity index (χ4n) is 5.12. The zero-order valence-electron chi connectivity index (χ0n) is 24.1. The summed E-state index contributed by atoms with van der Waals surface area (Å²) in [4.78, 5) is 28.5. The molecule has 2 aromatic carbocycles. The number of rotatable bonds is 16. The molecule has 3 atom stereocenters. The van der Waals surface area contributed by atoms with Gasteiger partial charge in [-0.2, -0.15) is 0 Å². The van der Waals surface area contributed by atoms with Gasteiger partial charge in [-0.1, -0.05) is 62.9 Å². The third-order valence-corrected chi connectivity index (χ3v) is 8.23. The Kier molecular flexibility index (Phi) is 13.9. The minimum Gasteiger partial charge on any atom is -0.496 e. The first kappa shape index (κ1) is 32.9. The molecule has 9 heteroatoms. The molecule has 1 aliphatic rings. The summed E-state index contributed by atoms with van der Waals surface area (Å²) in [5.41, 5.74) is 1.38. The summed E-state index contributed by atoms with van der Waals surface area (Å²) in [7, 11) is 1.62. The molecule has 2 amide bonds. The van der Waals surface area contributed by atoms with Crippen molar-refractivity contribution in [3.63, 3.8) is 0 Å². The van der Waals surface area contributed by atoms with Crippen molar-refractivity contribution in [3.8, 4) is 11.5 Å². The van der Waals surface area contributed by atoms with Gasteiger partial charge in [0.1, 0.15) is 23.7 Å². The summed E-state index contributed by atoms with van der Waals surface area (Å²) in [5.74, 6) is 0.939. The first-order valence-electron chi connectivity index (χ1n) is 14.5. The Labute approximate surface area is 257 Å². The van der Waals surface area contributed by atoms with Crippen LogP contribution < -0.4 is 14.8 Å². The molecule has 224 valence electrons. The molecule has 0 fully saturated rings. The van der Waals surface area contributed by atoms with Crippen LogP contribution in [0.2, 0.25) is 0 Å². The van der Waals surface area contributed by atoms with Crippen LogP contribution in [0, 0.1) is 3.57 Å². The fourth-order valence-corrected chi connectivity index (χ4v) is 5.63. The van der Waals surface area contributed by atoms with E-state index in [1.165, 1.54) is 0 Å².